The van der Waals surface area contributed by atoms with Gasteiger partial charge in [-0.15, -0.1) is 10.2 Å². The van der Waals surface area contributed by atoms with Gasteiger partial charge < -0.3 is 19.5 Å². The summed E-state index contributed by atoms with van der Waals surface area (Å²) in [6, 6.07) is 3.70. The third kappa shape index (κ3) is 2.86. The molecule has 0 spiro atoms. The molecule has 0 fully saturated rings. The van der Waals surface area contributed by atoms with Gasteiger partial charge in [0.15, 0.2) is 0 Å². The molecule has 0 unspecified atom stereocenters. The largest absolute Gasteiger partial charge is 0.496 e. The van der Waals surface area contributed by atoms with Crippen LogP contribution in [-0.2, 0) is 6.54 Å². The van der Waals surface area contributed by atoms with Crippen molar-refractivity contribution < 1.29 is 14.6 Å². The summed E-state index contributed by atoms with van der Waals surface area (Å²) < 4.78 is 10.9. The first-order valence-corrected chi connectivity index (χ1v) is 8.37. The molecule has 0 saturated carbocycles. The number of β-amino-alcohol motifs (C(OH)–C–C–N with tert-alkyl or cyclic N) is 1. The molecule has 23 heavy (non-hydrogen) atoms. The number of aromatic nitrogens is 2. The molecular weight excluding hydrogens is 314 g/mol. The predicted molar refractivity (Wildman–Crippen MR) is 89.6 cm³/mol. The highest BCUT2D eigenvalue weighted by molar-refractivity contribution is 7.15. The average molecular weight is 335 g/mol. The Bertz CT molecular complexity index is 702. The van der Waals surface area contributed by atoms with Gasteiger partial charge in [0.25, 0.3) is 0 Å². The van der Waals surface area contributed by atoms with Crippen molar-refractivity contribution in [3.63, 3.8) is 0 Å². The summed E-state index contributed by atoms with van der Waals surface area (Å²) in [7, 11) is 3.25. The van der Waals surface area contributed by atoms with Crippen molar-refractivity contribution in [2.45, 2.75) is 32.4 Å². The van der Waals surface area contributed by atoms with Gasteiger partial charge >= 0.3 is 0 Å². The van der Waals surface area contributed by atoms with Gasteiger partial charge in [0.1, 0.15) is 22.6 Å². The van der Waals surface area contributed by atoms with Crippen LogP contribution in [0.4, 0.5) is 5.13 Å². The Hall–Kier alpha value is -1.86. The highest BCUT2D eigenvalue weighted by atomic mass is 32.1. The van der Waals surface area contributed by atoms with Crippen molar-refractivity contribution in [2.75, 3.05) is 25.7 Å². The number of benzene rings is 1. The smallest absolute Gasteiger partial charge is 0.208 e. The number of ether oxygens (including phenoxy) is 2. The monoisotopic (exact) mass is 335 g/mol. The maximum absolute atomic E-state index is 10.6. The first-order valence-electron chi connectivity index (χ1n) is 7.55. The molecule has 7 heteroatoms. The van der Waals surface area contributed by atoms with E-state index in [0.717, 1.165) is 27.0 Å². The van der Waals surface area contributed by atoms with Crippen LogP contribution in [0.25, 0.3) is 0 Å². The molecule has 1 aromatic heterocycles. The minimum Gasteiger partial charge on any atom is -0.496 e. The van der Waals surface area contributed by atoms with Crippen molar-refractivity contribution in [1.82, 2.24) is 10.2 Å². The summed E-state index contributed by atoms with van der Waals surface area (Å²) >= 11 is 1.57. The summed E-state index contributed by atoms with van der Waals surface area (Å²) in [5, 5.41) is 21.0. The fourth-order valence-corrected chi connectivity index (χ4v) is 3.66. The number of fused-ring (bicyclic) bond motifs is 1. The molecule has 2 heterocycles. The molecule has 3 rings (SSSR count). The molecule has 1 aliphatic rings. The van der Waals surface area contributed by atoms with Gasteiger partial charge in [-0.3, -0.25) is 0 Å². The lowest BCUT2D eigenvalue weighted by molar-refractivity contribution is 0.169. The summed E-state index contributed by atoms with van der Waals surface area (Å²) in [6.45, 7) is 5.26. The topological polar surface area (TPSA) is 67.7 Å². The molecule has 1 aromatic carbocycles. The number of aliphatic hydroxyl groups excluding tert-OH is 1. The Morgan fingerprint density at radius 3 is 2.52 bits per heavy atom. The van der Waals surface area contributed by atoms with Gasteiger partial charge in [0.05, 0.1) is 20.8 Å². The number of anilines is 1. The molecule has 0 bridgehead atoms. The van der Waals surface area contributed by atoms with Gasteiger partial charge in [-0.2, -0.15) is 0 Å². The molecule has 1 atom stereocenters. The Morgan fingerprint density at radius 1 is 1.22 bits per heavy atom. The van der Waals surface area contributed by atoms with Crippen LogP contribution in [0.3, 0.4) is 0 Å². The third-order valence-electron chi connectivity index (χ3n) is 3.98. The summed E-state index contributed by atoms with van der Waals surface area (Å²) in [5.41, 5.74) is 1.74. The highest BCUT2D eigenvalue weighted by Gasteiger charge is 2.31. The van der Waals surface area contributed by atoms with E-state index in [2.05, 4.69) is 24.0 Å². The Balaban J connectivity index is 1.98. The molecule has 2 aromatic rings. The van der Waals surface area contributed by atoms with Gasteiger partial charge in [0.2, 0.25) is 5.13 Å². The van der Waals surface area contributed by atoms with Crippen molar-refractivity contribution in [2.24, 2.45) is 0 Å². The molecular formula is C16H21N3O3S. The maximum atomic E-state index is 10.6. The summed E-state index contributed by atoms with van der Waals surface area (Å²) in [6.07, 6.45) is -0.657. The normalized spacial score (nSPS) is 17.3. The van der Waals surface area contributed by atoms with Crippen LogP contribution in [0.15, 0.2) is 12.1 Å². The van der Waals surface area contributed by atoms with Gasteiger partial charge in [0, 0.05) is 23.6 Å². The van der Waals surface area contributed by atoms with Crippen LogP contribution < -0.4 is 14.4 Å². The van der Waals surface area contributed by atoms with Crippen LogP contribution in [0.5, 0.6) is 11.5 Å². The van der Waals surface area contributed by atoms with E-state index in [1.165, 1.54) is 0 Å². The SMILES string of the molecule is COc1ccc(OC)c2c1CN(c1nnc(C(C)C)s1)C[C@H]2O. The second-order valence-corrected chi connectivity index (χ2v) is 6.82. The van der Waals surface area contributed by atoms with Crippen LogP contribution in [0.1, 0.15) is 42.0 Å². The van der Waals surface area contributed by atoms with E-state index in [9.17, 15) is 5.11 Å². The average Bonchev–Trinajstić information content (AvgIpc) is 3.04. The lowest BCUT2D eigenvalue weighted by atomic mass is 9.95. The molecule has 124 valence electrons. The van der Waals surface area contributed by atoms with E-state index >= 15 is 0 Å². The van der Waals surface area contributed by atoms with E-state index in [-0.39, 0.29) is 0 Å². The lowest BCUT2D eigenvalue weighted by Crippen LogP contribution is -2.34. The second kappa shape index (κ2) is 6.33. The Labute approximate surface area is 139 Å². The van der Waals surface area contributed by atoms with E-state index in [1.54, 1.807) is 25.6 Å². The van der Waals surface area contributed by atoms with Crippen LogP contribution in [-0.4, -0.2) is 36.1 Å². The Morgan fingerprint density at radius 2 is 1.91 bits per heavy atom. The zero-order valence-corrected chi connectivity index (χ0v) is 14.6. The molecule has 0 radical (unpaired) electrons. The predicted octanol–water partition coefficient (Wildman–Crippen LogP) is 2.73. The molecule has 1 aliphatic heterocycles. The number of methoxy groups -OCH3 is 2. The number of aliphatic hydroxyl groups is 1. The van der Waals surface area contributed by atoms with Gasteiger partial charge in [-0.05, 0) is 12.1 Å². The van der Waals surface area contributed by atoms with Crippen LogP contribution >= 0.6 is 11.3 Å². The van der Waals surface area contributed by atoms with Crippen molar-refractivity contribution in [1.29, 1.82) is 0 Å². The van der Waals surface area contributed by atoms with E-state index in [1.807, 2.05) is 17.0 Å². The quantitative estimate of drug-likeness (QED) is 0.927. The molecule has 0 saturated heterocycles. The minimum absolute atomic E-state index is 0.345. The van der Waals surface area contributed by atoms with Crippen molar-refractivity contribution in [3.05, 3.63) is 28.3 Å². The third-order valence-corrected chi connectivity index (χ3v) is 5.27. The minimum atomic E-state index is -0.657. The number of hydrogen-bond acceptors (Lipinski definition) is 7. The number of rotatable bonds is 4. The molecule has 6 nitrogen and oxygen atoms in total. The maximum Gasteiger partial charge on any atom is 0.208 e. The summed E-state index contributed by atoms with van der Waals surface area (Å²) in [5.74, 6) is 1.78. The Kier molecular flexibility index (Phi) is 4.41. The van der Waals surface area contributed by atoms with Gasteiger partial charge in [-0.1, -0.05) is 25.2 Å². The van der Waals surface area contributed by atoms with E-state index in [0.29, 0.717) is 24.8 Å². The second-order valence-electron chi connectivity index (χ2n) is 5.84. The zero-order chi connectivity index (χ0) is 16.6. The standard InChI is InChI=1S/C16H21N3O3S/c1-9(2)15-17-18-16(23-15)19-7-10-12(21-3)5-6-13(22-4)14(10)11(20)8-19/h5-6,9,11,20H,7-8H2,1-4H3/t11-/m1/s1. The van der Waals surface area contributed by atoms with Crippen LogP contribution in [0, 0.1) is 0 Å². The molecule has 0 aliphatic carbocycles. The van der Waals surface area contributed by atoms with Crippen molar-refractivity contribution >= 4 is 16.5 Å². The first kappa shape index (κ1) is 16.0. The van der Waals surface area contributed by atoms with E-state index in [4.69, 9.17) is 9.47 Å². The van der Waals surface area contributed by atoms with Gasteiger partial charge in [-0.25, -0.2) is 0 Å². The lowest BCUT2D eigenvalue weighted by Gasteiger charge is -2.33. The first-order chi connectivity index (χ1) is 11.0. The fourth-order valence-electron chi connectivity index (χ4n) is 2.81. The fraction of sp³-hybridized carbons (Fsp3) is 0.500. The van der Waals surface area contributed by atoms with E-state index < -0.39 is 6.10 Å². The zero-order valence-electron chi connectivity index (χ0n) is 13.7. The van der Waals surface area contributed by atoms with Crippen LogP contribution in [0.2, 0.25) is 0 Å². The summed E-state index contributed by atoms with van der Waals surface area (Å²) in [4.78, 5) is 2.04. The number of hydrogen-bond donors (Lipinski definition) is 1. The molecule has 0 amide bonds. The number of nitrogens with zero attached hydrogens (tertiary/aromatic N) is 3. The van der Waals surface area contributed by atoms with Crippen molar-refractivity contribution in [3.8, 4) is 11.5 Å². The highest BCUT2D eigenvalue weighted by Crippen LogP contribution is 2.41. The molecule has 1 N–H and O–H groups in total.